The predicted molar refractivity (Wildman–Crippen MR) is 106 cm³/mol. The largest absolute Gasteiger partial charge is 0.497 e. The molecule has 0 N–H and O–H groups in total. The van der Waals surface area contributed by atoms with Gasteiger partial charge in [-0.1, -0.05) is 6.07 Å². The number of benzene rings is 2. The van der Waals surface area contributed by atoms with Crippen LogP contribution in [0.5, 0.6) is 11.5 Å². The average molecular weight is 382 g/mol. The second kappa shape index (κ2) is 8.63. The van der Waals surface area contributed by atoms with Gasteiger partial charge in [0.25, 0.3) is 5.91 Å². The lowest BCUT2D eigenvalue weighted by molar-refractivity contribution is 0.0341. The predicted octanol–water partition coefficient (Wildman–Crippen LogP) is 2.56. The van der Waals surface area contributed by atoms with Crippen LogP contribution in [0.2, 0.25) is 0 Å². The molecule has 0 bridgehead atoms. The Balaban J connectivity index is 1.49. The van der Waals surface area contributed by atoms with Crippen LogP contribution in [0.1, 0.15) is 21.5 Å². The lowest BCUT2D eigenvalue weighted by Gasteiger charge is -2.27. The van der Waals surface area contributed by atoms with E-state index in [4.69, 9.17) is 14.2 Å². The van der Waals surface area contributed by atoms with Gasteiger partial charge in [0.05, 0.1) is 26.9 Å². The van der Waals surface area contributed by atoms with E-state index in [0.717, 1.165) is 49.9 Å². The Morgan fingerprint density at radius 3 is 2.57 bits per heavy atom. The van der Waals surface area contributed by atoms with Crippen molar-refractivity contribution in [3.05, 3.63) is 59.2 Å². The lowest BCUT2D eigenvalue weighted by atomic mass is 10.1. The molecule has 6 nitrogen and oxygen atoms in total. The molecule has 0 aliphatic carbocycles. The van der Waals surface area contributed by atoms with E-state index >= 15 is 0 Å². The van der Waals surface area contributed by atoms with E-state index in [0.29, 0.717) is 25.3 Å². The molecule has 2 heterocycles. The van der Waals surface area contributed by atoms with E-state index in [2.05, 4.69) is 17.0 Å². The van der Waals surface area contributed by atoms with Gasteiger partial charge in [-0.15, -0.1) is 0 Å². The highest BCUT2D eigenvalue weighted by atomic mass is 16.5. The topological polar surface area (TPSA) is 51.2 Å². The van der Waals surface area contributed by atoms with Gasteiger partial charge in [0.2, 0.25) is 0 Å². The van der Waals surface area contributed by atoms with Crippen LogP contribution < -0.4 is 9.47 Å². The number of methoxy groups -OCH3 is 1. The lowest BCUT2D eigenvalue weighted by Crippen LogP contribution is -2.35. The Kier molecular flexibility index (Phi) is 5.78. The van der Waals surface area contributed by atoms with Crippen molar-refractivity contribution in [1.29, 1.82) is 0 Å². The van der Waals surface area contributed by atoms with E-state index in [9.17, 15) is 4.79 Å². The molecular weight excluding hydrogens is 356 g/mol. The van der Waals surface area contributed by atoms with Crippen LogP contribution in [0.3, 0.4) is 0 Å². The van der Waals surface area contributed by atoms with Gasteiger partial charge in [0.15, 0.2) is 0 Å². The maximum Gasteiger partial charge on any atom is 0.254 e. The number of rotatable bonds is 4. The summed E-state index contributed by atoms with van der Waals surface area (Å²) in [5.74, 6) is 1.63. The number of carbonyl (C=O) groups is 1. The monoisotopic (exact) mass is 382 g/mol. The Morgan fingerprint density at radius 1 is 1.04 bits per heavy atom. The molecule has 0 saturated carbocycles. The second-order valence-electron chi connectivity index (χ2n) is 7.13. The number of carbonyl (C=O) groups excluding carboxylic acids is 1. The first-order valence-electron chi connectivity index (χ1n) is 9.71. The third-order valence-electron chi connectivity index (χ3n) is 5.24. The first-order chi connectivity index (χ1) is 13.7. The van der Waals surface area contributed by atoms with Crippen molar-refractivity contribution < 1.29 is 19.0 Å². The minimum atomic E-state index is 0.0117. The van der Waals surface area contributed by atoms with Crippen molar-refractivity contribution >= 4 is 5.91 Å². The molecule has 4 rings (SSSR count). The summed E-state index contributed by atoms with van der Waals surface area (Å²) < 4.78 is 16.5. The highest BCUT2D eigenvalue weighted by Gasteiger charge is 2.22. The van der Waals surface area contributed by atoms with Crippen LogP contribution in [-0.4, -0.2) is 62.3 Å². The van der Waals surface area contributed by atoms with Gasteiger partial charge in [-0.05, 0) is 42.0 Å². The molecule has 2 aromatic rings. The third-order valence-corrected chi connectivity index (χ3v) is 5.24. The number of hydrogen-bond acceptors (Lipinski definition) is 5. The molecule has 0 atom stereocenters. The molecule has 28 heavy (non-hydrogen) atoms. The van der Waals surface area contributed by atoms with Gasteiger partial charge < -0.3 is 19.1 Å². The van der Waals surface area contributed by atoms with Crippen molar-refractivity contribution in [2.75, 3.05) is 46.6 Å². The minimum absolute atomic E-state index is 0.0117. The van der Waals surface area contributed by atoms with Crippen molar-refractivity contribution in [1.82, 2.24) is 9.80 Å². The van der Waals surface area contributed by atoms with Crippen LogP contribution in [0.15, 0.2) is 42.5 Å². The first-order valence-corrected chi connectivity index (χ1v) is 9.71. The van der Waals surface area contributed by atoms with Gasteiger partial charge in [0.1, 0.15) is 18.1 Å². The van der Waals surface area contributed by atoms with Crippen molar-refractivity contribution in [3.63, 3.8) is 0 Å². The van der Waals surface area contributed by atoms with E-state index in [-0.39, 0.29) is 5.91 Å². The summed E-state index contributed by atoms with van der Waals surface area (Å²) >= 11 is 0. The normalized spacial score (nSPS) is 17.4. The number of ether oxygens (including phenoxy) is 3. The molecule has 6 heteroatoms. The number of hydrogen-bond donors (Lipinski definition) is 0. The molecule has 148 valence electrons. The van der Waals surface area contributed by atoms with Crippen LogP contribution in [0.4, 0.5) is 0 Å². The number of amides is 1. The quantitative estimate of drug-likeness (QED) is 0.814. The Morgan fingerprint density at radius 2 is 1.82 bits per heavy atom. The molecule has 1 amide bonds. The van der Waals surface area contributed by atoms with Crippen LogP contribution in [0.25, 0.3) is 0 Å². The van der Waals surface area contributed by atoms with Crippen molar-refractivity contribution in [2.24, 2.45) is 0 Å². The molecular formula is C22H26N2O4. The molecule has 1 saturated heterocycles. The van der Waals surface area contributed by atoms with Crippen molar-refractivity contribution in [3.8, 4) is 11.5 Å². The highest BCUT2D eigenvalue weighted by molar-refractivity contribution is 5.94. The second-order valence-corrected chi connectivity index (χ2v) is 7.13. The number of nitrogens with zero attached hydrogens (tertiary/aromatic N) is 2. The standard InChI is InChI=1S/C22H26N2O4/c1-26-20-5-3-18(4-6-20)22(25)24-10-13-28-21-7-2-17(14-19(21)16-24)15-23-8-11-27-12-9-23/h2-7,14H,8-13,15-16H2,1H3. The summed E-state index contributed by atoms with van der Waals surface area (Å²) in [6.07, 6.45) is 0. The minimum Gasteiger partial charge on any atom is -0.497 e. The Hall–Kier alpha value is -2.57. The van der Waals surface area contributed by atoms with E-state index in [1.54, 1.807) is 7.11 Å². The summed E-state index contributed by atoms with van der Waals surface area (Å²) in [7, 11) is 1.62. The summed E-state index contributed by atoms with van der Waals surface area (Å²) in [6.45, 7) is 6.00. The summed E-state index contributed by atoms with van der Waals surface area (Å²) in [5.41, 5.74) is 2.96. The van der Waals surface area contributed by atoms with Gasteiger partial charge >= 0.3 is 0 Å². The zero-order valence-electron chi connectivity index (χ0n) is 16.2. The van der Waals surface area contributed by atoms with Gasteiger partial charge in [-0.2, -0.15) is 0 Å². The number of fused-ring (bicyclic) bond motifs is 1. The molecule has 1 fully saturated rings. The maximum absolute atomic E-state index is 13.0. The van der Waals surface area contributed by atoms with Crippen LogP contribution >= 0.6 is 0 Å². The third kappa shape index (κ3) is 4.29. The zero-order chi connectivity index (χ0) is 19.3. The molecule has 2 aromatic carbocycles. The van der Waals surface area contributed by atoms with Crippen molar-refractivity contribution in [2.45, 2.75) is 13.1 Å². The van der Waals surface area contributed by atoms with Gasteiger partial charge in [-0.25, -0.2) is 0 Å². The Labute approximate surface area is 165 Å². The van der Waals surface area contributed by atoms with E-state index in [1.807, 2.05) is 35.2 Å². The highest BCUT2D eigenvalue weighted by Crippen LogP contribution is 2.26. The van der Waals surface area contributed by atoms with Crippen LogP contribution in [-0.2, 0) is 17.8 Å². The molecule has 0 unspecified atom stereocenters. The fraction of sp³-hybridized carbons (Fsp3) is 0.409. The maximum atomic E-state index is 13.0. The Bertz CT molecular complexity index is 816. The fourth-order valence-electron chi connectivity index (χ4n) is 3.65. The number of morpholine rings is 1. The van der Waals surface area contributed by atoms with E-state index in [1.165, 1.54) is 5.56 Å². The fourth-order valence-corrected chi connectivity index (χ4v) is 3.65. The molecule has 0 radical (unpaired) electrons. The van der Waals surface area contributed by atoms with Crippen LogP contribution in [0, 0.1) is 0 Å². The summed E-state index contributed by atoms with van der Waals surface area (Å²) in [4.78, 5) is 17.2. The smallest absolute Gasteiger partial charge is 0.254 e. The van der Waals surface area contributed by atoms with Gasteiger partial charge in [0, 0.05) is 37.3 Å². The molecule has 2 aliphatic rings. The average Bonchev–Trinajstić information content (AvgIpc) is 2.96. The summed E-state index contributed by atoms with van der Waals surface area (Å²) in [5, 5.41) is 0. The first kappa shape index (κ1) is 18.8. The summed E-state index contributed by atoms with van der Waals surface area (Å²) in [6, 6.07) is 13.6. The molecule has 0 spiro atoms. The zero-order valence-corrected chi connectivity index (χ0v) is 16.2. The molecule has 0 aromatic heterocycles. The SMILES string of the molecule is COc1ccc(C(=O)N2CCOc3ccc(CN4CCOCC4)cc3C2)cc1. The van der Waals surface area contributed by atoms with E-state index < -0.39 is 0 Å². The van der Waals surface area contributed by atoms with Gasteiger partial charge in [-0.3, -0.25) is 9.69 Å². The molecule has 2 aliphatic heterocycles.